The van der Waals surface area contributed by atoms with Crippen molar-refractivity contribution in [3.63, 3.8) is 0 Å². The predicted octanol–water partition coefficient (Wildman–Crippen LogP) is 5.29. The second-order valence-electron chi connectivity index (χ2n) is 9.99. The molecule has 0 saturated heterocycles. The number of H-pyrrole nitrogens is 1. The fourth-order valence-corrected chi connectivity index (χ4v) is 5.51. The molecule has 5 rings (SSSR count). The highest BCUT2D eigenvalue weighted by Crippen LogP contribution is 2.21. The molecule has 0 radical (unpaired) electrons. The van der Waals surface area contributed by atoms with Gasteiger partial charge in [0.25, 0.3) is 5.56 Å². The molecule has 1 aliphatic carbocycles. The van der Waals surface area contributed by atoms with Gasteiger partial charge in [-0.15, -0.1) is 0 Å². The van der Waals surface area contributed by atoms with Crippen LogP contribution in [0, 0.1) is 6.92 Å². The van der Waals surface area contributed by atoms with Crippen LogP contribution in [0.3, 0.4) is 0 Å². The molecular formula is C30H32FN5O3S. The highest BCUT2D eigenvalue weighted by molar-refractivity contribution is 7.86. The van der Waals surface area contributed by atoms with Crippen LogP contribution in [-0.2, 0) is 30.5 Å². The molecule has 2 heterocycles. The smallest absolute Gasteiger partial charge is 0.333 e. The second-order valence-corrected chi connectivity index (χ2v) is 11.2. The van der Waals surface area contributed by atoms with E-state index in [0.29, 0.717) is 47.0 Å². The van der Waals surface area contributed by atoms with Gasteiger partial charge in [0.2, 0.25) is 0 Å². The molecule has 8 nitrogen and oxygen atoms in total. The Morgan fingerprint density at radius 2 is 1.82 bits per heavy atom. The zero-order chi connectivity index (χ0) is 28.2. The van der Waals surface area contributed by atoms with Gasteiger partial charge in [0.15, 0.2) is 5.65 Å². The van der Waals surface area contributed by atoms with Crippen molar-refractivity contribution < 1.29 is 8.60 Å². The molecular weight excluding hydrogens is 529 g/mol. The van der Waals surface area contributed by atoms with Gasteiger partial charge in [-0.3, -0.25) is 13.9 Å². The summed E-state index contributed by atoms with van der Waals surface area (Å²) < 4.78 is 32.7. The number of fused-ring (bicyclic) bond motifs is 1. The minimum Gasteiger partial charge on any atom is -0.336 e. The van der Waals surface area contributed by atoms with Gasteiger partial charge in [0.1, 0.15) is 28.2 Å². The van der Waals surface area contributed by atoms with E-state index in [0.717, 1.165) is 28.5 Å². The minimum absolute atomic E-state index is 0.116. The van der Waals surface area contributed by atoms with E-state index in [1.54, 1.807) is 6.08 Å². The molecule has 0 saturated carbocycles. The van der Waals surface area contributed by atoms with Crippen LogP contribution < -0.4 is 16.0 Å². The van der Waals surface area contributed by atoms with Crippen molar-refractivity contribution in [2.75, 3.05) is 4.72 Å². The van der Waals surface area contributed by atoms with E-state index in [1.165, 1.54) is 4.57 Å². The molecule has 0 bridgehead atoms. The number of nitrogens with zero attached hydrogens (tertiary/aromatic N) is 3. The Kier molecular flexibility index (Phi) is 8.25. The maximum atomic E-state index is 14.4. The monoisotopic (exact) mass is 561 g/mol. The van der Waals surface area contributed by atoms with Gasteiger partial charge in [-0.05, 0) is 49.6 Å². The van der Waals surface area contributed by atoms with Crippen molar-refractivity contribution in [1.29, 1.82) is 0 Å². The summed E-state index contributed by atoms with van der Waals surface area (Å²) in [7, 11) is -1.38. The molecule has 1 aliphatic rings. The van der Waals surface area contributed by atoms with Gasteiger partial charge in [0.05, 0.1) is 11.4 Å². The summed E-state index contributed by atoms with van der Waals surface area (Å²) in [5.74, 6) is 0.251. The lowest BCUT2D eigenvalue weighted by Gasteiger charge is -2.13. The Bertz CT molecular complexity index is 1730. The van der Waals surface area contributed by atoms with Crippen LogP contribution in [0.4, 0.5) is 10.1 Å². The molecule has 0 amide bonds. The third-order valence-corrected chi connectivity index (χ3v) is 8.06. The van der Waals surface area contributed by atoms with Gasteiger partial charge in [-0.1, -0.05) is 55.3 Å². The van der Waals surface area contributed by atoms with E-state index in [2.05, 4.69) is 14.7 Å². The van der Waals surface area contributed by atoms with E-state index in [1.807, 2.05) is 68.5 Å². The predicted molar refractivity (Wildman–Crippen MR) is 156 cm³/mol. The largest absolute Gasteiger partial charge is 0.336 e. The average Bonchev–Trinajstić information content (AvgIpc) is 3.37. The zero-order valence-corrected chi connectivity index (χ0v) is 23.4. The molecule has 10 heteroatoms. The Labute approximate surface area is 233 Å². The SMILES string of the molecule is CCCCn1c(=O)n(CC2=C(F)CCC=C2)c(=O)c2[nH]c(Cc3ccc(NS(=O)c4ccc(C)cc4)cc3)nc21. The summed E-state index contributed by atoms with van der Waals surface area (Å²) in [6.07, 6.45) is 6.39. The number of allylic oxidation sites excluding steroid dienone is 4. The molecule has 4 aromatic rings. The summed E-state index contributed by atoms with van der Waals surface area (Å²) in [6, 6.07) is 15.0. The van der Waals surface area contributed by atoms with Crippen LogP contribution in [0.15, 0.2) is 86.6 Å². The van der Waals surface area contributed by atoms with Crippen molar-refractivity contribution in [2.24, 2.45) is 0 Å². The maximum absolute atomic E-state index is 14.4. The van der Waals surface area contributed by atoms with E-state index < -0.39 is 22.2 Å². The fourth-order valence-electron chi connectivity index (χ4n) is 4.66. The van der Waals surface area contributed by atoms with Crippen molar-refractivity contribution in [1.82, 2.24) is 19.1 Å². The van der Waals surface area contributed by atoms with Crippen LogP contribution in [-0.4, -0.2) is 23.3 Å². The number of nitrogens with one attached hydrogen (secondary N) is 2. The number of anilines is 1. The van der Waals surface area contributed by atoms with Crippen molar-refractivity contribution in [3.8, 4) is 0 Å². The number of rotatable bonds is 10. The summed E-state index contributed by atoms with van der Waals surface area (Å²) in [5, 5.41) is 0. The number of aromatic amines is 1. The normalized spacial score (nSPS) is 14.2. The van der Waals surface area contributed by atoms with Crippen LogP contribution in [0.2, 0.25) is 0 Å². The molecule has 1 atom stereocenters. The van der Waals surface area contributed by atoms with Gasteiger partial charge < -0.3 is 9.71 Å². The van der Waals surface area contributed by atoms with E-state index in [4.69, 9.17) is 0 Å². The number of halogens is 1. The lowest BCUT2D eigenvalue weighted by Crippen LogP contribution is -2.40. The number of aryl methyl sites for hydroxylation is 2. The van der Waals surface area contributed by atoms with Gasteiger partial charge >= 0.3 is 5.69 Å². The summed E-state index contributed by atoms with van der Waals surface area (Å²) in [4.78, 5) is 35.2. The standard InChI is InChI=1S/C30H32FN5O3S/c1-3-4-17-35-28-27(29(37)36(30(35)38)19-22-7-5-6-8-25(22)31)32-26(33-28)18-21-11-13-23(14-12-21)34-40(39)24-15-9-20(2)10-16-24/h5,7,9-16,34H,3-4,6,8,17-19H2,1-2H3,(H,32,33). The maximum Gasteiger partial charge on any atom is 0.333 e. The average molecular weight is 562 g/mol. The zero-order valence-electron chi connectivity index (χ0n) is 22.6. The molecule has 0 fully saturated rings. The first-order valence-electron chi connectivity index (χ1n) is 13.4. The van der Waals surface area contributed by atoms with E-state index >= 15 is 0 Å². The second kappa shape index (κ2) is 12.0. The number of aromatic nitrogens is 4. The molecule has 0 aliphatic heterocycles. The van der Waals surface area contributed by atoms with Gasteiger partial charge in [-0.25, -0.2) is 18.4 Å². The number of benzene rings is 2. The number of hydrogen-bond acceptors (Lipinski definition) is 4. The summed E-state index contributed by atoms with van der Waals surface area (Å²) in [5.41, 5.74) is 2.64. The Morgan fingerprint density at radius 3 is 2.52 bits per heavy atom. The van der Waals surface area contributed by atoms with Crippen molar-refractivity contribution >= 4 is 27.8 Å². The van der Waals surface area contributed by atoms with E-state index in [9.17, 15) is 18.2 Å². The number of hydrogen-bond donors (Lipinski definition) is 2. The first kappa shape index (κ1) is 27.5. The molecule has 1 unspecified atom stereocenters. The molecule has 208 valence electrons. The molecule has 2 aromatic heterocycles. The third-order valence-electron chi connectivity index (χ3n) is 6.94. The first-order valence-corrected chi connectivity index (χ1v) is 14.6. The third kappa shape index (κ3) is 5.91. The molecule has 40 heavy (non-hydrogen) atoms. The Balaban J connectivity index is 1.41. The summed E-state index contributed by atoms with van der Waals surface area (Å²) in [6.45, 7) is 4.30. The number of unbranched alkanes of at least 4 members (excludes halogenated alkanes) is 1. The van der Waals surface area contributed by atoms with Crippen molar-refractivity contribution in [3.05, 3.63) is 110 Å². The Morgan fingerprint density at radius 1 is 1.07 bits per heavy atom. The van der Waals surface area contributed by atoms with Gasteiger partial charge in [0, 0.05) is 30.6 Å². The quantitative estimate of drug-likeness (QED) is 0.275. The lowest BCUT2D eigenvalue weighted by molar-refractivity contribution is 0.541. The highest BCUT2D eigenvalue weighted by Gasteiger charge is 2.19. The minimum atomic E-state index is -1.38. The van der Waals surface area contributed by atoms with Crippen LogP contribution >= 0.6 is 0 Å². The first-order chi connectivity index (χ1) is 19.3. The van der Waals surface area contributed by atoms with E-state index in [-0.39, 0.29) is 24.3 Å². The van der Waals surface area contributed by atoms with Gasteiger partial charge in [-0.2, -0.15) is 0 Å². The van der Waals surface area contributed by atoms with Crippen LogP contribution in [0.25, 0.3) is 11.2 Å². The van der Waals surface area contributed by atoms with Crippen LogP contribution in [0.5, 0.6) is 0 Å². The van der Waals surface area contributed by atoms with Crippen molar-refractivity contribution in [2.45, 2.75) is 63.9 Å². The summed E-state index contributed by atoms with van der Waals surface area (Å²) >= 11 is 0. The molecule has 0 spiro atoms. The topological polar surface area (TPSA) is 102 Å². The lowest BCUT2D eigenvalue weighted by atomic mass is 10.1. The Hall–Kier alpha value is -4.05. The molecule has 2 N–H and O–H groups in total. The fraction of sp³-hybridized carbons (Fsp3) is 0.300. The number of imidazole rings is 1. The van der Waals surface area contributed by atoms with Crippen LogP contribution in [0.1, 0.15) is 49.6 Å². The highest BCUT2D eigenvalue weighted by atomic mass is 32.2. The molecule has 2 aromatic carbocycles.